The predicted molar refractivity (Wildman–Crippen MR) is 110 cm³/mol. The van der Waals surface area contributed by atoms with Gasteiger partial charge in [-0.3, -0.25) is 4.79 Å². The molecule has 0 aliphatic carbocycles. The van der Waals surface area contributed by atoms with E-state index in [2.05, 4.69) is 15.6 Å². The van der Waals surface area contributed by atoms with Crippen molar-refractivity contribution in [1.29, 1.82) is 0 Å². The topological polar surface area (TPSA) is 54.0 Å². The van der Waals surface area contributed by atoms with E-state index in [0.717, 1.165) is 30.1 Å². The lowest BCUT2D eigenvalue weighted by Gasteiger charge is -2.22. The van der Waals surface area contributed by atoms with Crippen LogP contribution in [0.5, 0.6) is 0 Å². The molecule has 0 radical (unpaired) electrons. The van der Waals surface area contributed by atoms with E-state index in [1.807, 2.05) is 24.3 Å². The second-order valence-electron chi connectivity index (χ2n) is 5.80. The highest BCUT2D eigenvalue weighted by Crippen LogP contribution is 2.25. The van der Waals surface area contributed by atoms with Crippen LogP contribution >= 0.6 is 47.8 Å². The summed E-state index contributed by atoms with van der Waals surface area (Å²) >= 11 is 7.36. The van der Waals surface area contributed by atoms with Crippen LogP contribution in [0.1, 0.15) is 29.8 Å². The Hall–Kier alpha value is -0.850. The number of carbonyl (C=O) groups is 1. The molecule has 1 saturated heterocycles. The number of aromatic nitrogens is 1. The molecule has 1 aliphatic rings. The second-order valence-corrected chi connectivity index (χ2v) is 7.10. The molecule has 2 heterocycles. The smallest absolute Gasteiger partial charge is 0.270 e. The first-order valence-corrected chi connectivity index (χ1v) is 9.18. The molecule has 25 heavy (non-hydrogen) atoms. The van der Waals surface area contributed by atoms with Crippen LogP contribution in [0.4, 0.5) is 0 Å². The van der Waals surface area contributed by atoms with Crippen molar-refractivity contribution >= 4 is 53.7 Å². The van der Waals surface area contributed by atoms with Crippen molar-refractivity contribution in [2.45, 2.75) is 19.3 Å². The van der Waals surface area contributed by atoms with Crippen molar-refractivity contribution in [2.75, 3.05) is 19.6 Å². The summed E-state index contributed by atoms with van der Waals surface area (Å²) < 4.78 is 0. The van der Waals surface area contributed by atoms with Crippen molar-refractivity contribution in [2.24, 2.45) is 5.92 Å². The minimum atomic E-state index is -0.0924. The largest absolute Gasteiger partial charge is 0.351 e. The Morgan fingerprint density at radius 3 is 2.76 bits per heavy atom. The summed E-state index contributed by atoms with van der Waals surface area (Å²) in [4.78, 5) is 16.6. The molecule has 138 valence electrons. The molecule has 1 aliphatic heterocycles. The average molecular weight is 423 g/mol. The maximum absolute atomic E-state index is 12.2. The van der Waals surface area contributed by atoms with Crippen LogP contribution in [-0.4, -0.2) is 30.5 Å². The highest BCUT2D eigenvalue weighted by atomic mass is 35.5. The van der Waals surface area contributed by atoms with E-state index in [1.165, 1.54) is 24.2 Å². The molecule has 8 heteroatoms. The molecule has 0 bridgehead atoms. The van der Waals surface area contributed by atoms with E-state index in [-0.39, 0.29) is 30.7 Å². The number of hydrogen-bond acceptors (Lipinski definition) is 4. The lowest BCUT2D eigenvalue weighted by atomic mass is 9.96. The zero-order valence-corrected chi connectivity index (χ0v) is 16.9. The molecule has 1 atom stereocenters. The van der Waals surface area contributed by atoms with E-state index in [9.17, 15) is 4.79 Å². The minimum Gasteiger partial charge on any atom is -0.351 e. The quantitative estimate of drug-likeness (QED) is 0.749. The van der Waals surface area contributed by atoms with Crippen LogP contribution in [0.2, 0.25) is 5.02 Å². The lowest BCUT2D eigenvalue weighted by molar-refractivity contribution is 0.0946. The summed E-state index contributed by atoms with van der Waals surface area (Å²) in [6.07, 6.45) is 3.50. The molecule has 1 amide bonds. The first-order chi connectivity index (χ1) is 11.2. The van der Waals surface area contributed by atoms with Crippen LogP contribution in [0.25, 0.3) is 10.6 Å². The van der Waals surface area contributed by atoms with Gasteiger partial charge >= 0.3 is 0 Å². The van der Waals surface area contributed by atoms with Gasteiger partial charge in [0.2, 0.25) is 0 Å². The molecular formula is C17H22Cl3N3OS. The monoisotopic (exact) mass is 421 g/mol. The number of thiazole rings is 1. The number of nitrogens with one attached hydrogen (secondary N) is 2. The standard InChI is InChI=1S/C17H20ClN3OS.2ClH/c18-14-5-3-13(4-6-14)17-21-15(11-23-17)16(22)20-9-7-12-2-1-8-19-10-12;;/h3-6,11-12,19H,1-2,7-10H2,(H,20,22);2*1H. The fraction of sp³-hybridized carbons (Fsp3) is 0.412. The van der Waals surface area contributed by atoms with Gasteiger partial charge in [-0.2, -0.15) is 0 Å². The van der Waals surface area contributed by atoms with Crippen LogP contribution < -0.4 is 10.6 Å². The Labute approximate surface area is 169 Å². The summed E-state index contributed by atoms with van der Waals surface area (Å²) in [6, 6.07) is 7.49. The third-order valence-corrected chi connectivity index (χ3v) is 5.21. The number of nitrogens with zero attached hydrogens (tertiary/aromatic N) is 1. The Balaban J connectivity index is 0.00000156. The number of piperidine rings is 1. The van der Waals surface area contributed by atoms with Gasteiger partial charge in [0.05, 0.1) is 0 Å². The zero-order valence-electron chi connectivity index (χ0n) is 13.7. The first-order valence-electron chi connectivity index (χ1n) is 7.93. The molecule has 0 saturated carbocycles. The number of carbonyl (C=O) groups excluding carboxylic acids is 1. The van der Waals surface area contributed by atoms with Crippen molar-refractivity contribution in [3.05, 3.63) is 40.4 Å². The molecule has 1 fully saturated rings. The van der Waals surface area contributed by atoms with Gasteiger partial charge in [0, 0.05) is 22.5 Å². The second kappa shape index (κ2) is 11.0. The summed E-state index contributed by atoms with van der Waals surface area (Å²) in [6.45, 7) is 2.89. The number of benzene rings is 1. The number of halogens is 3. The number of amides is 1. The molecule has 0 spiro atoms. The van der Waals surface area contributed by atoms with E-state index >= 15 is 0 Å². The van der Waals surface area contributed by atoms with Gasteiger partial charge in [-0.15, -0.1) is 36.2 Å². The average Bonchev–Trinajstić information content (AvgIpc) is 3.06. The maximum Gasteiger partial charge on any atom is 0.270 e. The Morgan fingerprint density at radius 2 is 2.08 bits per heavy atom. The van der Waals surface area contributed by atoms with Gasteiger partial charge in [-0.05, 0) is 50.4 Å². The van der Waals surface area contributed by atoms with Crippen molar-refractivity contribution < 1.29 is 4.79 Å². The molecular weight excluding hydrogens is 401 g/mol. The molecule has 1 aromatic heterocycles. The van der Waals surface area contributed by atoms with Crippen LogP contribution in [0.3, 0.4) is 0 Å². The van der Waals surface area contributed by atoms with Crippen molar-refractivity contribution in [3.8, 4) is 10.6 Å². The van der Waals surface area contributed by atoms with Gasteiger partial charge in [0.25, 0.3) is 5.91 Å². The third kappa shape index (κ3) is 6.42. The number of rotatable bonds is 5. The van der Waals surface area contributed by atoms with Gasteiger partial charge in [0.1, 0.15) is 10.7 Å². The normalized spacial score (nSPS) is 16.4. The zero-order chi connectivity index (χ0) is 16.1. The summed E-state index contributed by atoms with van der Waals surface area (Å²) in [5, 5.41) is 9.71. The van der Waals surface area contributed by atoms with E-state index in [1.54, 1.807) is 5.38 Å². The lowest BCUT2D eigenvalue weighted by Crippen LogP contribution is -2.33. The Bertz CT molecular complexity index is 657. The van der Waals surface area contributed by atoms with E-state index < -0.39 is 0 Å². The van der Waals surface area contributed by atoms with Gasteiger partial charge in [0.15, 0.2) is 0 Å². The molecule has 1 aromatic carbocycles. The van der Waals surface area contributed by atoms with Crippen molar-refractivity contribution in [3.63, 3.8) is 0 Å². The fourth-order valence-corrected chi connectivity index (χ4v) is 3.69. The van der Waals surface area contributed by atoms with Crippen LogP contribution in [-0.2, 0) is 0 Å². The van der Waals surface area contributed by atoms with Crippen molar-refractivity contribution in [1.82, 2.24) is 15.6 Å². The van der Waals surface area contributed by atoms with Gasteiger partial charge < -0.3 is 10.6 Å². The molecule has 2 aromatic rings. The van der Waals surface area contributed by atoms with E-state index in [0.29, 0.717) is 23.2 Å². The Morgan fingerprint density at radius 1 is 1.32 bits per heavy atom. The van der Waals surface area contributed by atoms with Gasteiger partial charge in [-0.25, -0.2) is 4.98 Å². The minimum absolute atomic E-state index is 0. The highest BCUT2D eigenvalue weighted by molar-refractivity contribution is 7.13. The molecule has 2 N–H and O–H groups in total. The summed E-state index contributed by atoms with van der Waals surface area (Å²) in [5.41, 5.74) is 1.47. The molecule has 3 rings (SSSR count). The summed E-state index contributed by atoms with van der Waals surface area (Å²) in [7, 11) is 0. The first kappa shape index (κ1) is 22.2. The third-order valence-electron chi connectivity index (χ3n) is 4.07. The van der Waals surface area contributed by atoms with Gasteiger partial charge in [-0.1, -0.05) is 23.7 Å². The van der Waals surface area contributed by atoms with Crippen LogP contribution in [0.15, 0.2) is 29.6 Å². The van der Waals surface area contributed by atoms with E-state index in [4.69, 9.17) is 11.6 Å². The Kier molecular flexibility index (Phi) is 9.75. The van der Waals surface area contributed by atoms with Crippen LogP contribution in [0, 0.1) is 5.92 Å². The number of hydrogen-bond donors (Lipinski definition) is 2. The molecule has 4 nitrogen and oxygen atoms in total. The maximum atomic E-state index is 12.2. The SMILES string of the molecule is Cl.Cl.O=C(NCCC1CCCNC1)c1csc(-c2ccc(Cl)cc2)n1. The summed E-state index contributed by atoms with van der Waals surface area (Å²) in [5.74, 6) is 0.578. The molecule has 1 unspecified atom stereocenters. The highest BCUT2D eigenvalue weighted by Gasteiger charge is 2.15. The predicted octanol–water partition coefficient (Wildman–Crippen LogP) is 4.43. The fourth-order valence-electron chi connectivity index (χ4n) is 2.75.